The van der Waals surface area contributed by atoms with Gasteiger partial charge in [0.05, 0.1) is 10.6 Å². The largest absolute Gasteiger partial charge is 0.352 e. The maximum Gasteiger partial charge on any atom is 0.264 e. The number of rotatable bonds is 10. The SMILES string of the molecule is Cc1ccc(N(CC(=O)N(Cc2ccc(Br)cc2)C(C)C(=O)NC2CCCC2)S(=O)(=O)c2ccccc2)cc1. The highest BCUT2D eigenvalue weighted by Crippen LogP contribution is 2.25. The molecule has 1 aliphatic rings. The van der Waals surface area contributed by atoms with Gasteiger partial charge in [-0.05, 0) is 68.7 Å². The molecule has 2 amide bonds. The zero-order valence-electron chi connectivity index (χ0n) is 22.2. The second-order valence-corrected chi connectivity index (χ2v) is 12.8. The van der Waals surface area contributed by atoms with Gasteiger partial charge in [-0.15, -0.1) is 0 Å². The summed E-state index contributed by atoms with van der Waals surface area (Å²) in [6, 6.07) is 21.9. The summed E-state index contributed by atoms with van der Waals surface area (Å²) in [7, 11) is -4.06. The van der Waals surface area contributed by atoms with Crippen LogP contribution >= 0.6 is 15.9 Å². The second-order valence-electron chi connectivity index (χ2n) is 9.97. The summed E-state index contributed by atoms with van der Waals surface area (Å²) in [5, 5.41) is 3.08. The van der Waals surface area contributed by atoms with Gasteiger partial charge >= 0.3 is 0 Å². The molecule has 0 heterocycles. The first-order chi connectivity index (χ1) is 18.6. The molecule has 9 heteroatoms. The monoisotopic (exact) mass is 611 g/mol. The van der Waals surface area contributed by atoms with E-state index in [0.717, 1.165) is 45.6 Å². The van der Waals surface area contributed by atoms with E-state index in [1.54, 1.807) is 37.3 Å². The number of hydrogen-bond acceptors (Lipinski definition) is 4. The molecule has 0 aliphatic heterocycles. The molecule has 0 aromatic heterocycles. The molecule has 1 aliphatic carbocycles. The molecule has 39 heavy (non-hydrogen) atoms. The van der Waals surface area contributed by atoms with Crippen molar-refractivity contribution in [3.05, 3.63) is 94.5 Å². The van der Waals surface area contributed by atoms with Crippen LogP contribution in [0.3, 0.4) is 0 Å². The van der Waals surface area contributed by atoms with Gasteiger partial charge in [-0.1, -0.05) is 76.8 Å². The molecule has 0 spiro atoms. The molecule has 206 valence electrons. The summed E-state index contributed by atoms with van der Waals surface area (Å²) in [6.07, 6.45) is 4.00. The number of benzene rings is 3. The zero-order valence-corrected chi connectivity index (χ0v) is 24.6. The zero-order chi connectivity index (χ0) is 28.0. The number of halogens is 1. The molecule has 1 N–H and O–H groups in total. The molecular weight excluding hydrogens is 578 g/mol. The van der Waals surface area contributed by atoms with Crippen molar-refractivity contribution in [3.8, 4) is 0 Å². The fourth-order valence-corrected chi connectivity index (χ4v) is 6.42. The van der Waals surface area contributed by atoms with Crippen LogP contribution in [0.15, 0.2) is 88.2 Å². The molecule has 7 nitrogen and oxygen atoms in total. The van der Waals surface area contributed by atoms with E-state index in [4.69, 9.17) is 0 Å². The highest BCUT2D eigenvalue weighted by atomic mass is 79.9. The van der Waals surface area contributed by atoms with Crippen molar-refractivity contribution in [2.75, 3.05) is 10.8 Å². The van der Waals surface area contributed by atoms with Crippen molar-refractivity contribution >= 4 is 43.5 Å². The van der Waals surface area contributed by atoms with Crippen LogP contribution in [-0.2, 0) is 26.2 Å². The van der Waals surface area contributed by atoms with Gasteiger partial charge in [0.2, 0.25) is 11.8 Å². The number of anilines is 1. The van der Waals surface area contributed by atoms with Crippen molar-refractivity contribution in [2.24, 2.45) is 0 Å². The average molecular weight is 613 g/mol. The normalized spacial score (nSPS) is 14.5. The minimum Gasteiger partial charge on any atom is -0.352 e. The van der Waals surface area contributed by atoms with Crippen molar-refractivity contribution < 1.29 is 18.0 Å². The fraction of sp³-hybridized carbons (Fsp3) is 0.333. The van der Waals surface area contributed by atoms with E-state index in [9.17, 15) is 18.0 Å². The van der Waals surface area contributed by atoms with Gasteiger partial charge in [0.15, 0.2) is 0 Å². The Hall–Kier alpha value is -3.17. The lowest BCUT2D eigenvalue weighted by molar-refractivity contribution is -0.139. The van der Waals surface area contributed by atoms with Gasteiger partial charge in [-0.2, -0.15) is 0 Å². The van der Waals surface area contributed by atoms with E-state index >= 15 is 0 Å². The van der Waals surface area contributed by atoms with Gasteiger partial charge in [0, 0.05) is 17.1 Å². The van der Waals surface area contributed by atoms with Gasteiger partial charge in [0.25, 0.3) is 10.0 Å². The van der Waals surface area contributed by atoms with Crippen LogP contribution in [0, 0.1) is 6.92 Å². The Morgan fingerprint density at radius 2 is 1.56 bits per heavy atom. The number of nitrogens with one attached hydrogen (secondary N) is 1. The third-order valence-corrected chi connectivity index (χ3v) is 9.38. The van der Waals surface area contributed by atoms with Crippen molar-refractivity contribution in [3.63, 3.8) is 0 Å². The average Bonchev–Trinajstić information content (AvgIpc) is 3.45. The van der Waals surface area contributed by atoms with Crippen LogP contribution in [-0.4, -0.2) is 43.8 Å². The molecule has 1 saturated carbocycles. The van der Waals surface area contributed by atoms with Gasteiger partial charge in [-0.25, -0.2) is 8.42 Å². The first kappa shape index (κ1) is 28.8. The van der Waals surface area contributed by atoms with E-state index in [1.807, 2.05) is 43.3 Å². The minimum atomic E-state index is -4.06. The van der Waals surface area contributed by atoms with Gasteiger partial charge in [0.1, 0.15) is 12.6 Å². The quantitative estimate of drug-likeness (QED) is 0.331. The summed E-state index contributed by atoms with van der Waals surface area (Å²) >= 11 is 3.43. The molecule has 1 fully saturated rings. The van der Waals surface area contributed by atoms with Crippen LogP contribution in [0.1, 0.15) is 43.7 Å². The number of sulfonamides is 1. The highest BCUT2D eigenvalue weighted by Gasteiger charge is 2.33. The second kappa shape index (κ2) is 12.8. The predicted molar refractivity (Wildman–Crippen MR) is 157 cm³/mol. The molecule has 3 aromatic carbocycles. The summed E-state index contributed by atoms with van der Waals surface area (Å²) in [6.45, 7) is 3.33. The van der Waals surface area contributed by atoms with Crippen LogP contribution in [0.2, 0.25) is 0 Å². The molecule has 3 aromatic rings. The number of nitrogens with zero attached hydrogens (tertiary/aromatic N) is 2. The van der Waals surface area contributed by atoms with Crippen LogP contribution in [0.5, 0.6) is 0 Å². The van der Waals surface area contributed by atoms with Crippen molar-refractivity contribution in [1.82, 2.24) is 10.2 Å². The molecule has 0 bridgehead atoms. The Labute approximate surface area is 239 Å². The summed E-state index contributed by atoms with van der Waals surface area (Å²) in [4.78, 5) is 28.8. The number of carbonyl (C=O) groups excluding carboxylic acids is 2. The van der Waals surface area contributed by atoms with Crippen molar-refractivity contribution in [1.29, 1.82) is 0 Å². The standard InChI is InChI=1S/C30H34BrN3O4S/c1-22-12-18-27(19-13-22)34(39(37,38)28-10-4-3-5-11-28)21-29(35)33(20-24-14-16-25(31)17-15-24)23(2)30(36)32-26-8-6-7-9-26/h3-5,10-19,23,26H,6-9,20-21H2,1-2H3,(H,32,36). The highest BCUT2D eigenvalue weighted by molar-refractivity contribution is 9.10. The Balaban J connectivity index is 1.66. The number of aryl methyl sites for hydroxylation is 1. The van der Waals surface area contributed by atoms with E-state index < -0.39 is 28.5 Å². The maximum atomic E-state index is 14.0. The predicted octanol–water partition coefficient (Wildman–Crippen LogP) is 5.43. The lowest BCUT2D eigenvalue weighted by Crippen LogP contribution is -2.52. The number of hydrogen-bond donors (Lipinski definition) is 1. The lowest BCUT2D eigenvalue weighted by atomic mass is 10.1. The van der Waals surface area contributed by atoms with E-state index in [-0.39, 0.29) is 23.4 Å². The van der Waals surface area contributed by atoms with Crippen LogP contribution in [0.25, 0.3) is 0 Å². The summed E-state index contributed by atoms with van der Waals surface area (Å²) in [5.74, 6) is -0.702. The molecule has 1 unspecified atom stereocenters. The van der Waals surface area contributed by atoms with E-state index in [0.29, 0.717) is 5.69 Å². The number of carbonyl (C=O) groups is 2. The smallest absolute Gasteiger partial charge is 0.264 e. The molecule has 1 atom stereocenters. The first-order valence-corrected chi connectivity index (χ1v) is 15.4. The first-order valence-electron chi connectivity index (χ1n) is 13.1. The summed E-state index contributed by atoms with van der Waals surface area (Å²) < 4.78 is 29.6. The molecule has 0 saturated heterocycles. The molecule has 0 radical (unpaired) electrons. The molecule has 4 rings (SSSR count). The van der Waals surface area contributed by atoms with Crippen molar-refractivity contribution in [2.45, 2.75) is 63.1 Å². The topological polar surface area (TPSA) is 86.8 Å². The Morgan fingerprint density at radius 3 is 2.18 bits per heavy atom. The van der Waals surface area contributed by atoms with Gasteiger partial charge in [-0.3, -0.25) is 13.9 Å². The maximum absolute atomic E-state index is 14.0. The number of amides is 2. The third-order valence-electron chi connectivity index (χ3n) is 7.07. The van der Waals surface area contributed by atoms with Crippen LogP contribution in [0.4, 0.5) is 5.69 Å². The van der Waals surface area contributed by atoms with Crippen LogP contribution < -0.4 is 9.62 Å². The lowest BCUT2D eigenvalue weighted by Gasteiger charge is -2.32. The Morgan fingerprint density at radius 1 is 0.949 bits per heavy atom. The minimum absolute atomic E-state index is 0.0878. The Bertz CT molecular complexity index is 1370. The molecular formula is C30H34BrN3O4S. The van der Waals surface area contributed by atoms with E-state index in [1.165, 1.54) is 17.0 Å². The van der Waals surface area contributed by atoms with Gasteiger partial charge < -0.3 is 10.2 Å². The summed E-state index contributed by atoms with van der Waals surface area (Å²) in [5.41, 5.74) is 2.18. The third kappa shape index (κ3) is 7.28. The van der Waals surface area contributed by atoms with E-state index in [2.05, 4.69) is 21.2 Å². The Kier molecular flexibility index (Phi) is 9.45. The fourth-order valence-electron chi connectivity index (χ4n) is 4.72.